The van der Waals surface area contributed by atoms with E-state index in [9.17, 15) is 18.4 Å². The second-order valence-electron chi connectivity index (χ2n) is 4.11. The van der Waals surface area contributed by atoms with Crippen LogP contribution < -0.4 is 0 Å². The molecule has 1 aliphatic heterocycles. The number of carbonyl (C=O) groups excluding carboxylic acids is 1. The average Bonchev–Trinajstić information content (AvgIpc) is 2.67. The lowest BCUT2D eigenvalue weighted by Crippen LogP contribution is -2.46. The smallest absolute Gasteiger partial charge is 0.410 e. The number of piperidine rings is 1. The number of carboxylic acid groups (broad SMARTS) is 1. The van der Waals surface area contributed by atoms with Gasteiger partial charge < -0.3 is 9.84 Å². The molecule has 94 valence electrons. The minimum atomic E-state index is -2.97. The maximum Gasteiger partial charge on any atom is 0.410 e. The van der Waals surface area contributed by atoms with Gasteiger partial charge in [-0.25, -0.2) is 18.4 Å². The Kier molecular flexibility index (Phi) is 2.56. The SMILES string of the molecule is C=CCOC(=O)N1CC2C(C1C(=O)O)C2(F)F. The van der Waals surface area contributed by atoms with E-state index in [1.807, 2.05) is 0 Å². The third kappa shape index (κ3) is 1.65. The number of carbonyl (C=O) groups is 2. The van der Waals surface area contributed by atoms with Crippen LogP contribution in [0, 0.1) is 11.8 Å². The van der Waals surface area contributed by atoms with Crippen molar-refractivity contribution in [3.05, 3.63) is 12.7 Å². The summed E-state index contributed by atoms with van der Waals surface area (Å²) in [7, 11) is 0. The number of hydrogen-bond acceptors (Lipinski definition) is 3. The van der Waals surface area contributed by atoms with Crippen molar-refractivity contribution >= 4 is 12.1 Å². The first kappa shape index (κ1) is 11.8. The Morgan fingerprint density at radius 2 is 2.24 bits per heavy atom. The summed E-state index contributed by atoms with van der Waals surface area (Å²) in [5.74, 6) is -6.74. The van der Waals surface area contributed by atoms with Crippen molar-refractivity contribution in [3.8, 4) is 0 Å². The van der Waals surface area contributed by atoms with Crippen molar-refractivity contribution in [3.63, 3.8) is 0 Å². The lowest BCUT2D eigenvalue weighted by atomic mass is 10.2. The molecule has 0 aromatic carbocycles. The molecule has 1 heterocycles. The Hall–Kier alpha value is -1.66. The fourth-order valence-corrected chi connectivity index (χ4v) is 2.29. The maximum absolute atomic E-state index is 13.1. The lowest BCUT2D eigenvalue weighted by molar-refractivity contribution is -0.144. The Bertz CT molecular complexity index is 385. The number of likely N-dealkylation sites (tertiary alicyclic amines) is 1. The number of carboxylic acids is 1. The molecule has 1 N–H and O–H groups in total. The molecule has 0 spiro atoms. The molecule has 5 nitrogen and oxygen atoms in total. The molecule has 7 heteroatoms. The molecular weight excluding hydrogens is 236 g/mol. The average molecular weight is 247 g/mol. The first-order valence-electron chi connectivity index (χ1n) is 5.06. The minimum absolute atomic E-state index is 0.0760. The Labute approximate surface area is 95.6 Å². The number of nitrogens with zero attached hydrogens (tertiary/aromatic N) is 1. The van der Waals surface area contributed by atoms with E-state index in [4.69, 9.17) is 5.11 Å². The van der Waals surface area contributed by atoms with E-state index in [-0.39, 0.29) is 13.2 Å². The van der Waals surface area contributed by atoms with Crippen LogP contribution in [0.15, 0.2) is 12.7 Å². The fourth-order valence-electron chi connectivity index (χ4n) is 2.29. The van der Waals surface area contributed by atoms with Crippen LogP contribution in [0.5, 0.6) is 0 Å². The summed E-state index contributed by atoms with van der Waals surface area (Å²) < 4.78 is 30.8. The zero-order chi connectivity index (χ0) is 12.8. The summed E-state index contributed by atoms with van der Waals surface area (Å²) in [6.07, 6.45) is 0.430. The van der Waals surface area contributed by atoms with Crippen LogP contribution in [0.4, 0.5) is 13.6 Å². The number of aliphatic carboxylic acids is 1. The van der Waals surface area contributed by atoms with Crippen LogP contribution in [0.1, 0.15) is 0 Å². The lowest BCUT2D eigenvalue weighted by Gasteiger charge is -2.24. The van der Waals surface area contributed by atoms with Gasteiger partial charge in [0, 0.05) is 6.54 Å². The topological polar surface area (TPSA) is 66.8 Å². The largest absolute Gasteiger partial charge is 0.480 e. The van der Waals surface area contributed by atoms with Gasteiger partial charge in [0.1, 0.15) is 12.6 Å². The van der Waals surface area contributed by atoms with Gasteiger partial charge >= 0.3 is 12.1 Å². The van der Waals surface area contributed by atoms with E-state index in [2.05, 4.69) is 11.3 Å². The van der Waals surface area contributed by atoms with E-state index in [0.29, 0.717) is 0 Å². The van der Waals surface area contributed by atoms with Crippen LogP contribution in [-0.4, -0.2) is 47.2 Å². The maximum atomic E-state index is 13.1. The summed E-state index contributed by atoms with van der Waals surface area (Å²) in [4.78, 5) is 23.2. The standard InChI is InChI=1S/C10H11F2NO4/c1-2-3-17-9(16)13-4-5-6(10(5,11)12)7(13)8(14)15/h2,5-7H,1,3-4H2,(H,14,15). The molecule has 3 atom stereocenters. The first-order chi connectivity index (χ1) is 7.91. The molecule has 0 aromatic rings. The minimum Gasteiger partial charge on any atom is -0.480 e. The normalized spacial score (nSPS) is 32.8. The molecule has 0 aromatic heterocycles. The van der Waals surface area contributed by atoms with E-state index in [0.717, 1.165) is 4.90 Å². The van der Waals surface area contributed by atoms with Gasteiger partial charge in [-0.2, -0.15) is 0 Å². The molecule has 3 unspecified atom stereocenters. The predicted octanol–water partition coefficient (Wildman–Crippen LogP) is 0.959. The van der Waals surface area contributed by atoms with Crippen LogP contribution in [-0.2, 0) is 9.53 Å². The van der Waals surface area contributed by atoms with Crippen LogP contribution in [0.3, 0.4) is 0 Å². The fraction of sp³-hybridized carbons (Fsp3) is 0.600. The van der Waals surface area contributed by atoms with Gasteiger partial charge in [0.05, 0.1) is 11.8 Å². The summed E-state index contributed by atoms with van der Waals surface area (Å²) in [6, 6.07) is -1.49. The summed E-state index contributed by atoms with van der Waals surface area (Å²) in [6.45, 7) is 2.98. The van der Waals surface area contributed by atoms with Gasteiger partial charge in [-0.1, -0.05) is 12.7 Å². The molecule has 2 fully saturated rings. The monoisotopic (exact) mass is 247 g/mol. The number of halogens is 2. The number of fused-ring (bicyclic) bond motifs is 1. The first-order valence-corrected chi connectivity index (χ1v) is 5.06. The van der Waals surface area contributed by atoms with Gasteiger partial charge in [0.15, 0.2) is 0 Å². The molecule has 2 aliphatic rings. The number of amides is 1. The number of ether oxygens (including phenoxy) is 1. The summed E-state index contributed by atoms with van der Waals surface area (Å²) in [5, 5.41) is 8.88. The van der Waals surface area contributed by atoms with Crippen molar-refractivity contribution in [2.75, 3.05) is 13.2 Å². The Morgan fingerprint density at radius 3 is 2.76 bits per heavy atom. The van der Waals surface area contributed by atoms with Gasteiger partial charge in [-0.3, -0.25) is 4.90 Å². The molecule has 17 heavy (non-hydrogen) atoms. The van der Waals surface area contributed by atoms with E-state index in [1.165, 1.54) is 6.08 Å². The predicted molar refractivity (Wildman–Crippen MR) is 51.6 cm³/mol. The number of rotatable bonds is 3. The molecule has 1 amide bonds. The molecular formula is C10H11F2NO4. The van der Waals surface area contributed by atoms with Crippen LogP contribution in [0.25, 0.3) is 0 Å². The Morgan fingerprint density at radius 1 is 1.59 bits per heavy atom. The molecule has 1 aliphatic carbocycles. The highest BCUT2D eigenvalue weighted by molar-refractivity contribution is 5.82. The third-order valence-electron chi connectivity index (χ3n) is 3.14. The van der Waals surface area contributed by atoms with Gasteiger partial charge in [0.2, 0.25) is 0 Å². The molecule has 2 rings (SSSR count). The summed E-state index contributed by atoms with van der Waals surface area (Å²) >= 11 is 0. The molecule has 1 saturated heterocycles. The zero-order valence-corrected chi connectivity index (χ0v) is 8.81. The number of hydrogen-bond donors (Lipinski definition) is 1. The molecule has 0 radical (unpaired) electrons. The van der Waals surface area contributed by atoms with E-state index >= 15 is 0 Å². The van der Waals surface area contributed by atoms with E-state index in [1.54, 1.807) is 0 Å². The molecule has 0 bridgehead atoms. The van der Waals surface area contributed by atoms with Crippen molar-refractivity contribution in [1.82, 2.24) is 4.90 Å². The number of alkyl halides is 2. The van der Waals surface area contributed by atoms with Crippen molar-refractivity contribution < 1.29 is 28.2 Å². The van der Waals surface area contributed by atoms with Gasteiger partial charge in [-0.05, 0) is 0 Å². The second-order valence-corrected chi connectivity index (χ2v) is 4.11. The van der Waals surface area contributed by atoms with E-state index < -0.39 is 35.9 Å². The quantitative estimate of drug-likeness (QED) is 0.754. The Balaban J connectivity index is 2.08. The van der Waals surface area contributed by atoms with Gasteiger partial charge in [0.25, 0.3) is 5.92 Å². The van der Waals surface area contributed by atoms with Crippen molar-refractivity contribution in [2.24, 2.45) is 11.8 Å². The second kappa shape index (κ2) is 3.68. The zero-order valence-electron chi connectivity index (χ0n) is 8.81. The van der Waals surface area contributed by atoms with Crippen LogP contribution >= 0.6 is 0 Å². The third-order valence-corrected chi connectivity index (χ3v) is 3.14. The van der Waals surface area contributed by atoms with Gasteiger partial charge in [-0.15, -0.1) is 0 Å². The highest BCUT2D eigenvalue weighted by atomic mass is 19.3. The van der Waals surface area contributed by atoms with Crippen LogP contribution in [0.2, 0.25) is 0 Å². The highest BCUT2D eigenvalue weighted by Crippen LogP contribution is 2.62. The van der Waals surface area contributed by atoms with Crippen molar-refractivity contribution in [1.29, 1.82) is 0 Å². The highest BCUT2D eigenvalue weighted by Gasteiger charge is 2.78. The molecule has 1 saturated carbocycles. The van der Waals surface area contributed by atoms with Crippen molar-refractivity contribution in [2.45, 2.75) is 12.0 Å². The summed E-state index contributed by atoms with van der Waals surface area (Å²) in [5.41, 5.74) is 0.